The van der Waals surface area contributed by atoms with Gasteiger partial charge in [0.1, 0.15) is 0 Å². The first-order valence-corrected chi connectivity index (χ1v) is 5.08. The topological polar surface area (TPSA) is 40.5 Å². The van der Waals surface area contributed by atoms with Crippen LogP contribution < -0.4 is 0 Å². The summed E-state index contributed by atoms with van der Waals surface area (Å²) in [5, 5.41) is 19.5. The zero-order chi connectivity index (χ0) is 10.6. The molecule has 0 aliphatic rings. The minimum absolute atomic E-state index is 0.123. The van der Waals surface area contributed by atoms with Gasteiger partial charge < -0.3 is 10.2 Å². The lowest BCUT2D eigenvalue weighted by Gasteiger charge is -2.23. The van der Waals surface area contributed by atoms with Crippen LogP contribution in [0.2, 0.25) is 0 Å². The Kier molecular flexibility index (Phi) is 4.11. The van der Waals surface area contributed by atoms with Gasteiger partial charge in [0.05, 0.1) is 12.2 Å². The highest BCUT2D eigenvalue weighted by Crippen LogP contribution is 2.25. The summed E-state index contributed by atoms with van der Waals surface area (Å²) < 4.78 is 0. The van der Waals surface area contributed by atoms with Gasteiger partial charge in [-0.2, -0.15) is 0 Å². The molecule has 1 aromatic rings. The van der Waals surface area contributed by atoms with Gasteiger partial charge in [-0.3, -0.25) is 0 Å². The average Bonchev–Trinajstić information content (AvgIpc) is 2.27. The van der Waals surface area contributed by atoms with Crippen molar-refractivity contribution in [1.29, 1.82) is 0 Å². The third-order valence-corrected chi connectivity index (χ3v) is 2.66. The highest BCUT2D eigenvalue weighted by atomic mass is 16.3. The molecule has 1 rings (SSSR count). The first-order valence-electron chi connectivity index (χ1n) is 5.08. The summed E-state index contributed by atoms with van der Waals surface area (Å²) in [6, 6.07) is 9.46. The number of hydrogen-bond donors (Lipinski definition) is 2. The summed E-state index contributed by atoms with van der Waals surface area (Å²) in [4.78, 5) is 0. The molecular weight excluding hydrogens is 176 g/mol. The molecule has 14 heavy (non-hydrogen) atoms. The second-order valence-electron chi connectivity index (χ2n) is 3.69. The number of hydrogen-bond acceptors (Lipinski definition) is 2. The van der Waals surface area contributed by atoms with E-state index in [2.05, 4.69) is 0 Å². The average molecular weight is 194 g/mol. The molecule has 0 heterocycles. The van der Waals surface area contributed by atoms with Gasteiger partial charge in [-0.1, -0.05) is 44.2 Å². The van der Waals surface area contributed by atoms with Crippen molar-refractivity contribution in [1.82, 2.24) is 0 Å². The van der Waals surface area contributed by atoms with Crippen molar-refractivity contribution in [3.8, 4) is 0 Å². The maximum atomic E-state index is 9.93. The van der Waals surface area contributed by atoms with Crippen LogP contribution in [0.1, 0.15) is 31.9 Å². The molecule has 0 saturated carbocycles. The fraction of sp³-hybridized carbons (Fsp3) is 0.500. The predicted octanol–water partition coefficient (Wildman–Crippen LogP) is 2.13. The lowest BCUT2D eigenvalue weighted by molar-refractivity contribution is 0.0192. The van der Waals surface area contributed by atoms with E-state index in [0.717, 1.165) is 5.56 Å². The van der Waals surface area contributed by atoms with Crippen LogP contribution in [0.5, 0.6) is 0 Å². The Morgan fingerprint density at radius 2 is 1.71 bits per heavy atom. The van der Waals surface area contributed by atoms with Crippen LogP contribution in [-0.2, 0) is 0 Å². The molecule has 0 aliphatic carbocycles. The molecule has 0 aliphatic heterocycles. The fourth-order valence-electron chi connectivity index (χ4n) is 1.54. The van der Waals surface area contributed by atoms with Crippen LogP contribution in [-0.4, -0.2) is 16.3 Å². The zero-order valence-corrected chi connectivity index (χ0v) is 8.72. The SMILES string of the molecule is CC[C@@H](O)[C@@H](C)[C@@H](O)c1ccccc1. The second-order valence-corrected chi connectivity index (χ2v) is 3.69. The Bertz CT molecular complexity index is 258. The predicted molar refractivity (Wildman–Crippen MR) is 56.9 cm³/mol. The largest absolute Gasteiger partial charge is 0.393 e. The lowest BCUT2D eigenvalue weighted by Crippen LogP contribution is -2.23. The minimum Gasteiger partial charge on any atom is -0.393 e. The van der Waals surface area contributed by atoms with E-state index in [1.54, 1.807) is 0 Å². The molecule has 78 valence electrons. The van der Waals surface area contributed by atoms with Crippen LogP contribution in [0.15, 0.2) is 30.3 Å². The minimum atomic E-state index is -0.578. The maximum Gasteiger partial charge on any atom is 0.0840 e. The van der Waals surface area contributed by atoms with Gasteiger partial charge in [0.15, 0.2) is 0 Å². The molecule has 0 fully saturated rings. The Balaban J connectivity index is 2.70. The van der Waals surface area contributed by atoms with Crippen LogP contribution in [0.3, 0.4) is 0 Å². The van der Waals surface area contributed by atoms with E-state index in [1.165, 1.54) is 0 Å². The molecule has 0 spiro atoms. The number of aliphatic hydroxyl groups excluding tert-OH is 2. The van der Waals surface area contributed by atoms with Gasteiger partial charge in [0, 0.05) is 5.92 Å². The zero-order valence-electron chi connectivity index (χ0n) is 8.72. The summed E-state index contributed by atoms with van der Waals surface area (Å²) >= 11 is 0. The van der Waals surface area contributed by atoms with Crippen LogP contribution >= 0.6 is 0 Å². The molecule has 0 unspecified atom stereocenters. The monoisotopic (exact) mass is 194 g/mol. The van der Waals surface area contributed by atoms with Gasteiger partial charge in [-0.15, -0.1) is 0 Å². The van der Waals surface area contributed by atoms with Crippen LogP contribution in [0.4, 0.5) is 0 Å². The quantitative estimate of drug-likeness (QED) is 0.770. The molecule has 2 nitrogen and oxygen atoms in total. The summed E-state index contributed by atoms with van der Waals surface area (Å²) in [6.07, 6.45) is -0.346. The molecule has 2 heteroatoms. The van der Waals surface area contributed by atoms with Gasteiger partial charge in [-0.05, 0) is 12.0 Å². The highest BCUT2D eigenvalue weighted by molar-refractivity contribution is 5.18. The van der Waals surface area contributed by atoms with Crippen molar-refractivity contribution in [2.24, 2.45) is 5.92 Å². The van der Waals surface area contributed by atoms with E-state index in [9.17, 15) is 10.2 Å². The third-order valence-electron chi connectivity index (χ3n) is 2.66. The van der Waals surface area contributed by atoms with E-state index in [1.807, 2.05) is 44.2 Å². The first-order chi connectivity index (χ1) is 6.66. The molecule has 0 aromatic heterocycles. The molecule has 0 radical (unpaired) electrons. The molecule has 3 atom stereocenters. The summed E-state index contributed by atoms with van der Waals surface area (Å²) in [7, 11) is 0. The van der Waals surface area contributed by atoms with E-state index < -0.39 is 12.2 Å². The highest BCUT2D eigenvalue weighted by Gasteiger charge is 2.21. The first kappa shape index (κ1) is 11.2. The van der Waals surface area contributed by atoms with Crippen molar-refractivity contribution in [3.63, 3.8) is 0 Å². The Labute approximate surface area is 85.2 Å². The molecule has 0 saturated heterocycles. The maximum absolute atomic E-state index is 9.93. The molecule has 0 bridgehead atoms. The van der Waals surface area contributed by atoms with Crippen molar-refractivity contribution in [3.05, 3.63) is 35.9 Å². The lowest BCUT2D eigenvalue weighted by atomic mass is 9.91. The van der Waals surface area contributed by atoms with Crippen molar-refractivity contribution in [2.45, 2.75) is 32.5 Å². The van der Waals surface area contributed by atoms with Crippen LogP contribution in [0.25, 0.3) is 0 Å². The summed E-state index contributed by atoms with van der Waals surface area (Å²) in [6.45, 7) is 3.78. The Hall–Kier alpha value is -0.860. The van der Waals surface area contributed by atoms with Crippen molar-refractivity contribution >= 4 is 0 Å². The van der Waals surface area contributed by atoms with Gasteiger partial charge in [0.2, 0.25) is 0 Å². The van der Waals surface area contributed by atoms with E-state index >= 15 is 0 Å². The second kappa shape index (κ2) is 5.13. The number of rotatable bonds is 4. The normalized spacial score (nSPS) is 17.4. The molecule has 2 N–H and O–H groups in total. The number of benzene rings is 1. The standard InChI is InChI=1S/C12H18O2/c1-3-11(13)9(2)12(14)10-7-5-4-6-8-10/h4-9,11-14H,3H2,1-2H3/t9-,11-,12-/m1/s1. The van der Waals surface area contributed by atoms with Gasteiger partial charge in [-0.25, -0.2) is 0 Å². The Morgan fingerprint density at radius 3 is 2.21 bits per heavy atom. The number of aliphatic hydroxyl groups is 2. The third kappa shape index (κ3) is 2.56. The summed E-state index contributed by atoms with van der Waals surface area (Å²) in [5.74, 6) is -0.123. The molecule has 1 aromatic carbocycles. The van der Waals surface area contributed by atoms with Gasteiger partial charge >= 0.3 is 0 Å². The molecular formula is C12H18O2. The van der Waals surface area contributed by atoms with Crippen LogP contribution in [0, 0.1) is 5.92 Å². The van der Waals surface area contributed by atoms with Crippen molar-refractivity contribution < 1.29 is 10.2 Å². The smallest absolute Gasteiger partial charge is 0.0840 e. The van der Waals surface area contributed by atoms with E-state index in [0.29, 0.717) is 6.42 Å². The fourth-order valence-corrected chi connectivity index (χ4v) is 1.54. The van der Waals surface area contributed by atoms with E-state index in [-0.39, 0.29) is 5.92 Å². The Morgan fingerprint density at radius 1 is 1.14 bits per heavy atom. The molecule has 0 amide bonds. The summed E-state index contributed by atoms with van der Waals surface area (Å²) in [5.41, 5.74) is 0.868. The van der Waals surface area contributed by atoms with Gasteiger partial charge in [0.25, 0.3) is 0 Å². The van der Waals surface area contributed by atoms with Crippen molar-refractivity contribution in [2.75, 3.05) is 0 Å². The van der Waals surface area contributed by atoms with E-state index in [4.69, 9.17) is 0 Å².